The van der Waals surface area contributed by atoms with E-state index in [0.717, 1.165) is 38.5 Å². The molecule has 0 aliphatic carbocycles. The number of carboxylic acids is 1. The molecule has 132 valence electrons. The number of ketones is 1. The second kappa shape index (κ2) is 15.5. The molecular formula is C19H32O4. The summed E-state index contributed by atoms with van der Waals surface area (Å²) in [5, 5.41) is 18.2. The lowest BCUT2D eigenvalue weighted by atomic mass is 10.1. The fourth-order valence-corrected chi connectivity index (χ4v) is 2.17. The number of carbonyl (C=O) groups excluding carboxylic acids is 1. The van der Waals surface area contributed by atoms with Gasteiger partial charge in [-0.2, -0.15) is 0 Å². The van der Waals surface area contributed by atoms with Gasteiger partial charge in [0.05, 0.1) is 6.10 Å². The van der Waals surface area contributed by atoms with Crippen molar-refractivity contribution in [1.82, 2.24) is 0 Å². The Balaban J connectivity index is 3.56. The van der Waals surface area contributed by atoms with Gasteiger partial charge in [0.25, 0.3) is 0 Å². The highest BCUT2D eigenvalue weighted by Gasteiger charge is 2.00. The van der Waals surface area contributed by atoms with Gasteiger partial charge in [0.15, 0.2) is 0 Å². The minimum absolute atomic E-state index is 0.194. The SMILES string of the molecule is CCCCCC(O)/C=C/CCC(=O)CC/C=C\CCCC(=O)O. The maximum absolute atomic E-state index is 11.7. The third kappa shape index (κ3) is 16.8. The first-order valence-corrected chi connectivity index (χ1v) is 8.79. The Morgan fingerprint density at radius 1 is 0.913 bits per heavy atom. The third-order valence-electron chi connectivity index (χ3n) is 3.57. The van der Waals surface area contributed by atoms with Crippen molar-refractivity contribution in [3.63, 3.8) is 0 Å². The molecule has 0 fully saturated rings. The summed E-state index contributed by atoms with van der Waals surface area (Å²) >= 11 is 0. The van der Waals surface area contributed by atoms with Gasteiger partial charge in [-0.05, 0) is 32.1 Å². The molecule has 4 nitrogen and oxygen atoms in total. The third-order valence-corrected chi connectivity index (χ3v) is 3.57. The van der Waals surface area contributed by atoms with Crippen molar-refractivity contribution in [1.29, 1.82) is 0 Å². The number of rotatable bonds is 15. The molecule has 23 heavy (non-hydrogen) atoms. The van der Waals surface area contributed by atoms with E-state index in [1.54, 1.807) is 6.08 Å². The zero-order chi connectivity index (χ0) is 17.3. The van der Waals surface area contributed by atoms with E-state index in [4.69, 9.17) is 5.11 Å². The number of unbranched alkanes of at least 4 members (excludes halogenated alkanes) is 3. The van der Waals surface area contributed by atoms with Crippen molar-refractivity contribution < 1.29 is 19.8 Å². The predicted octanol–water partition coefficient (Wildman–Crippen LogP) is 4.42. The highest BCUT2D eigenvalue weighted by molar-refractivity contribution is 5.78. The van der Waals surface area contributed by atoms with Crippen LogP contribution in [-0.2, 0) is 9.59 Å². The Morgan fingerprint density at radius 3 is 2.22 bits per heavy atom. The quantitative estimate of drug-likeness (QED) is 0.345. The summed E-state index contributed by atoms with van der Waals surface area (Å²) in [7, 11) is 0. The summed E-state index contributed by atoms with van der Waals surface area (Å²) in [5.74, 6) is -0.539. The number of carboxylic acid groups (broad SMARTS) is 1. The number of hydrogen-bond donors (Lipinski definition) is 2. The lowest BCUT2D eigenvalue weighted by molar-refractivity contribution is -0.137. The van der Waals surface area contributed by atoms with Crippen molar-refractivity contribution in [2.75, 3.05) is 0 Å². The van der Waals surface area contributed by atoms with Crippen molar-refractivity contribution in [2.24, 2.45) is 0 Å². The van der Waals surface area contributed by atoms with Crippen LogP contribution < -0.4 is 0 Å². The number of aliphatic hydroxyl groups is 1. The number of Topliss-reactive ketones (excluding diaryl/α,β-unsaturated/α-hetero) is 1. The molecule has 0 spiro atoms. The average molecular weight is 324 g/mol. The highest BCUT2D eigenvalue weighted by atomic mass is 16.4. The second-order valence-electron chi connectivity index (χ2n) is 5.86. The lowest BCUT2D eigenvalue weighted by Gasteiger charge is -2.04. The summed E-state index contributed by atoms with van der Waals surface area (Å²) in [4.78, 5) is 22.0. The fraction of sp³-hybridized carbons (Fsp3) is 0.684. The van der Waals surface area contributed by atoms with Crippen LogP contribution in [0.3, 0.4) is 0 Å². The van der Waals surface area contributed by atoms with E-state index in [1.807, 2.05) is 18.2 Å². The molecule has 0 aromatic carbocycles. The van der Waals surface area contributed by atoms with Crippen LogP contribution in [0.4, 0.5) is 0 Å². The number of allylic oxidation sites excluding steroid dienone is 3. The first kappa shape index (κ1) is 21.6. The van der Waals surface area contributed by atoms with Gasteiger partial charge in [-0.3, -0.25) is 9.59 Å². The van der Waals surface area contributed by atoms with Crippen molar-refractivity contribution in [3.05, 3.63) is 24.3 Å². The van der Waals surface area contributed by atoms with E-state index in [9.17, 15) is 14.7 Å². The average Bonchev–Trinajstić information content (AvgIpc) is 2.50. The summed E-state index contributed by atoms with van der Waals surface area (Å²) in [6.07, 6.45) is 15.4. The van der Waals surface area contributed by atoms with Gasteiger partial charge in [0.1, 0.15) is 5.78 Å². The summed E-state index contributed by atoms with van der Waals surface area (Å²) < 4.78 is 0. The van der Waals surface area contributed by atoms with Gasteiger partial charge in [-0.1, -0.05) is 50.5 Å². The van der Waals surface area contributed by atoms with Crippen LogP contribution in [0, 0.1) is 0 Å². The Kier molecular flexibility index (Phi) is 14.5. The molecule has 0 heterocycles. The molecule has 0 rings (SSSR count). The molecule has 0 amide bonds. The van der Waals surface area contributed by atoms with E-state index in [1.165, 1.54) is 0 Å². The predicted molar refractivity (Wildman–Crippen MR) is 93.4 cm³/mol. The van der Waals surface area contributed by atoms with Crippen LogP contribution in [0.25, 0.3) is 0 Å². The lowest BCUT2D eigenvalue weighted by Crippen LogP contribution is -2.01. The molecule has 0 aliphatic rings. The van der Waals surface area contributed by atoms with Crippen LogP contribution in [0.15, 0.2) is 24.3 Å². The molecule has 0 radical (unpaired) electrons. The monoisotopic (exact) mass is 324 g/mol. The largest absolute Gasteiger partial charge is 0.481 e. The maximum Gasteiger partial charge on any atom is 0.303 e. The van der Waals surface area contributed by atoms with E-state index in [-0.39, 0.29) is 18.3 Å². The van der Waals surface area contributed by atoms with Crippen LogP contribution >= 0.6 is 0 Å². The zero-order valence-electron chi connectivity index (χ0n) is 14.4. The highest BCUT2D eigenvalue weighted by Crippen LogP contribution is 2.06. The molecule has 4 heteroatoms. The molecule has 2 N–H and O–H groups in total. The van der Waals surface area contributed by atoms with Gasteiger partial charge < -0.3 is 10.2 Å². The van der Waals surface area contributed by atoms with E-state index in [0.29, 0.717) is 25.7 Å². The smallest absolute Gasteiger partial charge is 0.303 e. The summed E-state index contributed by atoms with van der Waals surface area (Å²) in [6.45, 7) is 2.14. The van der Waals surface area contributed by atoms with Gasteiger partial charge in [-0.25, -0.2) is 0 Å². The Morgan fingerprint density at radius 2 is 1.57 bits per heavy atom. The van der Waals surface area contributed by atoms with Crippen LogP contribution in [0.1, 0.15) is 77.6 Å². The second-order valence-corrected chi connectivity index (χ2v) is 5.86. The standard InChI is InChI=1S/C19H32O4/c1-2-3-7-12-17(20)14-10-11-15-18(21)13-8-5-4-6-9-16-19(22)23/h4-5,10,14,17,20H,2-3,6-9,11-13,15-16H2,1H3,(H,22,23)/b5-4-,14-10+. The number of aliphatic carboxylic acids is 1. The minimum Gasteiger partial charge on any atom is -0.481 e. The number of aliphatic hydroxyl groups excluding tert-OH is 1. The first-order valence-electron chi connectivity index (χ1n) is 8.79. The Labute approximate surface area is 140 Å². The van der Waals surface area contributed by atoms with Crippen molar-refractivity contribution >= 4 is 11.8 Å². The molecule has 0 aliphatic heterocycles. The van der Waals surface area contributed by atoms with Gasteiger partial charge >= 0.3 is 5.97 Å². The van der Waals surface area contributed by atoms with Gasteiger partial charge in [-0.15, -0.1) is 0 Å². The topological polar surface area (TPSA) is 74.6 Å². The van der Waals surface area contributed by atoms with E-state index >= 15 is 0 Å². The van der Waals surface area contributed by atoms with E-state index in [2.05, 4.69) is 6.92 Å². The zero-order valence-corrected chi connectivity index (χ0v) is 14.4. The van der Waals surface area contributed by atoms with E-state index < -0.39 is 5.97 Å². The molecule has 0 saturated carbocycles. The molecule has 1 unspecified atom stereocenters. The van der Waals surface area contributed by atoms with Gasteiger partial charge in [0.2, 0.25) is 0 Å². The molecule has 0 bridgehead atoms. The fourth-order valence-electron chi connectivity index (χ4n) is 2.17. The van der Waals surface area contributed by atoms with Gasteiger partial charge in [0, 0.05) is 19.3 Å². The number of hydrogen-bond acceptors (Lipinski definition) is 3. The maximum atomic E-state index is 11.7. The van der Waals surface area contributed by atoms with Crippen LogP contribution in [-0.4, -0.2) is 28.1 Å². The first-order chi connectivity index (χ1) is 11.1. The molecule has 0 aromatic heterocycles. The molecular weight excluding hydrogens is 292 g/mol. The van der Waals surface area contributed by atoms with Crippen molar-refractivity contribution in [3.8, 4) is 0 Å². The summed E-state index contributed by atoms with van der Waals surface area (Å²) in [6, 6.07) is 0. The summed E-state index contributed by atoms with van der Waals surface area (Å²) in [5.41, 5.74) is 0. The Bertz CT molecular complexity index is 372. The molecule has 1 atom stereocenters. The molecule has 0 aromatic rings. The molecule has 0 saturated heterocycles. The van der Waals surface area contributed by atoms with Crippen LogP contribution in [0.2, 0.25) is 0 Å². The van der Waals surface area contributed by atoms with Crippen LogP contribution in [0.5, 0.6) is 0 Å². The normalized spacial score (nSPS) is 13.0. The Hall–Kier alpha value is -1.42. The minimum atomic E-state index is -0.767. The van der Waals surface area contributed by atoms with Crippen molar-refractivity contribution in [2.45, 2.75) is 83.7 Å². The number of carbonyl (C=O) groups is 2.